The smallest absolute Gasteiger partial charge is 0.117 e. The molecule has 0 saturated heterocycles. The van der Waals surface area contributed by atoms with Crippen LogP contribution in [0.3, 0.4) is 0 Å². The fourth-order valence-electron chi connectivity index (χ4n) is 2.53. The largest absolute Gasteiger partial charge is 0.468 e. The van der Waals surface area contributed by atoms with Crippen LogP contribution in [0.2, 0.25) is 0 Å². The fourth-order valence-corrected chi connectivity index (χ4v) is 2.53. The minimum absolute atomic E-state index is 0.372. The predicted octanol–water partition coefficient (Wildman–Crippen LogP) is 3.13. The molecule has 3 heteroatoms. The second-order valence-corrected chi connectivity index (χ2v) is 5.12. The van der Waals surface area contributed by atoms with Crippen LogP contribution in [0.15, 0.2) is 22.8 Å². The van der Waals surface area contributed by atoms with E-state index in [0.717, 1.165) is 31.9 Å². The molecule has 0 spiro atoms. The van der Waals surface area contributed by atoms with Gasteiger partial charge in [0.15, 0.2) is 0 Å². The Morgan fingerprint density at radius 3 is 2.44 bits per heavy atom. The van der Waals surface area contributed by atoms with Gasteiger partial charge in [0, 0.05) is 13.1 Å². The molecule has 0 aliphatic heterocycles. The summed E-state index contributed by atoms with van der Waals surface area (Å²) in [6.07, 6.45) is 4.17. The molecule has 104 valence electrons. The number of furan rings is 1. The van der Waals surface area contributed by atoms with E-state index in [2.05, 4.69) is 37.1 Å². The zero-order chi connectivity index (χ0) is 13.4. The molecule has 0 atom stereocenters. The number of hydrogen-bond donors (Lipinski definition) is 1. The van der Waals surface area contributed by atoms with Crippen LogP contribution in [-0.2, 0) is 6.54 Å². The summed E-state index contributed by atoms with van der Waals surface area (Å²) in [4.78, 5) is 2.48. The van der Waals surface area contributed by atoms with Crippen LogP contribution in [0.25, 0.3) is 0 Å². The minimum atomic E-state index is 0.372. The first-order valence-corrected chi connectivity index (χ1v) is 7.09. The SMILES string of the molecule is CCN(Cc1ccco1)CC(CC)(CC)CNC. The molecular formula is C15H28N2O. The molecule has 18 heavy (non-hydrogen) atoms. The van der Waals surface area contributed by atoms with Crippen molar-refractivity contribution in [2.24, 2.45) is 5.41 Å². The van der Waals surface area contributed by atoms with Gasteiger partial charge in [-0.05, 0) is 44.0 Å². The maximum Gasteiger partial charge on any atom is 0.117 e. The van der Waals surface area contributed by atoms with Gasteiger partial charge in [-0.25, -0.2) is 0 Å². The summed E-state index contributed by atoms with van der Waals surface area (Å²) in [5, 5.41) is 3.35. The summed E-state index contributed by atoms with van der Waals surface area (Å²) in [5.41, 5.74) is 0.372. The number of rotatable bonds is 9. The van der Waals surface area contributed by atoms with Gasteiger partial charge in [0.2, 0.25) is 0 Å². The summed E-state index contributed by atoms with van der Waals surface area (Å²) in [6.45, 7) is 11.0. The lowest BCUT2D eigenvalue weighted by Crippen LogP contribution is -2.42. The quantitative estimate of drug-likeness (QED) is 0.732. The number of nitrogens with one attached hydrogen (secondary N) is 1. The lowest BCUT2D eigenvalue weighted by molar-refractivity contribution is 0.129. The van der Waals surface area contributed by atoms with Crippen molar-refractivity contribution in [3.8, 4) is 0 Å². The van der Waals surface area contributed by atoms with Crippen molar-refractivity contribution in [1.82, 2.24) is 10.2 Å². The average molecular weight is 252 g/mol. The second-order valence-electron chi connectivity index (χ2n) is 5.12. The Morgan fingerprint density at radius 2 is 2.00 bits per heavy atom. The summed E-state index contributed by atoms with van der Waals surface area (Å²) in [5.74, 6) is 1.06. The Hall–Kier alpha value is -0.800. The van der Waals surface area contributed by atoms with Gasteiger partial charge < -0.3 is 9.73 Å². The van der Waals surface area contributed by atoms with Crippen molar-refractivity contribution in [3.63, 3.8) is 0 Å². The third-order valence-electron chi connectivity index (χ3n) is 4.02. The Kier molecular flexibility index (Phi) is 6.44. The van der Waals surface area contributed by atoms with Crippen molar-refractivity contribution in [2.75, 3.05) is 26.7 Å². The molecule has 1 rings (SSSR count). The Morgan fingerprint density at radius 1 is 1.28 bits per heavy atom. The molecule has 1 N–H and O–H groups in total. The molecule has 3 nitrogen and oxygen atoms in total. The van der Waals surface area contributed by atoms with Gasteiger partial charge >= 0.3 is 0 Å². The normalized spacial score (nSPS) is 12.3. The van der Waals surface area contributed by atoms with Crippen molar-refractivity contribution in [2.45, 2.75) is 40.2 Å². The minimum Gasteiger partial charge on any atom is -0.468 e. The molecule has 0 saturated carbocycles. The van der Waals surface area contributed by atoms with E-state index in [1.54, 1.807) is 6.26 Å². The molecule has 0 unspecified atom stereocenters. The summed E-state index contributed by atoms with van der Waals surface area (Å²) >= 11 is 0. The van der Waals surface area contributed by atoms with E-state index < -0.39 is 0 Å². The molecule has 0 radical (unpaired) electrons. The fraction of sp³-hybridized carbons (Fsp3) is 0.733. The molecule has 1 heterocycles. The highest BCUT2D eigenvalue weighted by atomic mass is 16.3. The van der Waals surface area contributed by atoms with E-state index in [0.29, 0.717) is 5.41 Å². The van der Waals surface area contributed by atoms with Crippen molar-refractivity contribution in [3.05, 3.63) is 24.2 Å². The van der Waals surface area contributed by atoms with Crippen LogP contribution in [0.4, 0.5) is 0 Å². The van der Waals surface area contributed by atoms with Crippen LogP contribution in [0, 0.1) is 5.41 Å². The van der Waals surface area contributed by atoms with Crippen molar-refractivity contribution in [1.29, 1.82) is 0 Å². The van der Waals surface area contributed by atoms with Crippen LogP contribution in [0.5, 0.6) is 0 Å². The Balaban J connectivity index is 2.64. The molecule has 0 aromatic carbocycles. The van der Waals surface area contributed by atoms with Gasteiger partial charge in [-0.1, -0.05) is 20.8 Å². The molecule has 0 fully saturated rings. The highest BCUT2D eigenvalue weighted by Crippen LogP contribution is 2.27. The zero-order valence-corrected chi connectivity index (χ0v) is 12.3. The molecule has 0 amide bonds. The van der Waals surface area contributed by atoms with Crippen LogP contribution < -0.4 is 5.32 Å². The summed E-state index contributed by atoms with van der Waals surface area (Å²) in [7, 11) is 2.04. The predicted molar refractivity (Wildman–Crippen MR) is 76.6 cm³/mol. The molecule has 1 aromatic heterocycles. The summed E-state index contributed by atoms with van der Waals surface area (Å²) in [6, 6.07) is 4.02. The van der Waals surface area contributed by atoms with Crippen LogP contribution in [-0.4, -0.2) is 31.6 Å². The third kappa shape index (κ3) is 4.14. The van der Waals surface area contributed by atoms with Gasteiger partial charge in [-0.15, -0.1) is 0 Å². The van der Waals surface area contributed by atoms with Crippen molar-refractivity contribution >= 4 is 0 Å². The molecule has 0 aliphatic rings. The highest BCUT2D eigenvalue weighted by molar-refractivity contribution is 4.98. The van der Waals surface area contributed by atoms with Crippen LogP contribution >= 0.6 is 0 Å². The Labute approximate surface area is 112 Å². The van der Waals surface area contributed by atoms with E-state index in [1.807, 2.05) is 13.1 Å². The zero-order valence-electron chi connectivity index (χ0n) is 12.3. The van der Waals surface area contributed by atoms with E-state index in [9.17, 15) is 0 Å². The maximum absolute atomic E-state index is 5.45. The van der Waals surface area contributed by atoms with Gasteiger partial charge in [0.1, 0.15) is 5.76 Å². The molecule has 0 bridgehead atoms. The number of hydrogen-bond acceptors (Lipinski definition) is 3. The van der Waals surface area contributed by atoms with E-state index >= 15 is 0 Å². The lowest BCUT2D eigenvalue weighted by Gasteiger charge is -2.36. The standard InChI is InChI=1S/C15H28N2O/c1-5-15(6-2,12-16-4)13-17(7-3)11-14-9-8-10-18-14/h8-10,16H,5-7,11-13H2,1-4H3. The molecule has 0 aliphatic carbocycles. The first kappa shape index (κ1) is 15.3. The Bertz CT molecular complexity index is 304. The van der Waals surface area contributed by atoms with Crippen LogP contribution in [0.1, 0.15) is 39.4 Å². The van der Waals surface area contributed by atoms with E-state index in [4.69, 9.17) is 4.42 Å². The van der Waals surface area contributed by atoms with Gasteiger partial charge in [-0.2, -0.15) is 0 Å². The highest BCUT2D eigenvalue weighted by Gasteiger charge is 2.27. The maximum atomic E-state index is 5.45. The van der Waals surface area contributed by atoms with Gasteiger partial charge in [-0.3, -0.25) is 4.90 Å². The first-order chi connectivity index (χ1) is 8.69. The summed E-state index contributed by atoms with van der Waals surface area (Å²) < 4.78 is 5.45. The van der Waals surface area contributed by atoms with Crippen molar-refractivity contribution < 1.29 is 4.42 Å². The molecular weight excluding hydrogens is 224 g/mol. The monoisotopic (exact) mass is 252 g/mol. The second kappa shape index (κ2) is 7.59. The third-order valence-corrected chi connectivity index (χ3v) is 4.02. The van der Waals surface area contributed by atoms with E-state index in [1.165, 1.54) is 12.8 Å². The van der Waals surface area contributed by atoms with E-state index in [-0.39, 0.29) is 0 Å². The molecule has 1 aromatic rings. The topological polar surface area (TPSA) is 28.4 Å². The first-order valence-electron chi connectivity index (χ1n) is 7.09. The number of nitrogens with zero attached hydrogens (tertiary/aromatic N) is 1. The lowest BCUT2D eigenvalue weighted by atomic mass is 9.81. The van der Waals surface area contributed by atoms with Gasteiger partial charge in [0.05, 0.1) is 12.8 Å². The average Bonchev–Trinajstić information content (AvgIpc) is 2.90. The van der Waals surface area contributed by atoms with Gasteiger partial charge in [0.25, 0.3) is 0 Å².